The third-order valence-electron chi connectivity index (χ3n) is 3.21. The van der Waals surface area contributed by atoms with E-state index >= 15 is 0 Å². The lowest BCUT2D eigenvalue weighted by Crippen LogP contribution is -1.89. The Labute approximate surface area is 112 Å². The molecule has 0 radical (unpaired) electrons. The number of allylic oxidation sites excluding steroid dienone is 4. The van der Waals surface area contributed by atoms with Gasteiger partial charge in [-0.1, -0.05) is 60.9 Å². The van der Waals surface area contributed by atoms with Crippen LogP contribution >= 0.6 is 0 Å². The van der Waals surface area contributed by atoms with Gasteiger partial charge >= 0.3 is 0 Å². The molecule has 98 valence electrons. The fourth-order valence-corrected chi connectivity index (χ4v) is 2.07. The van der Waals surface area contributed by atoms with E-state index in [1.807, 2.05) is 0 Å². The van der Waals surface area contributed by atoms with Gasteiger partial charge in [0.05, 0.1) is 0 Å². The van der Waals surface area contributed by atoms with Crippen molar-refractivity contribution in [3.63, 3.8) is 0 Å². The second-order valence-corrected chi connectivity index (χ2v) is 5.11. The predicted octanol–water partition coefficient (Wildman–Crippen LogP) is 5.54. The van der Waals surface area contributed by atoms with Gasteiger partial charge in [0.2, 0.25) is 0 Å². The summed E-state index contributed by atoms with van der Waals surface area (Å²) in [5, 5.41) is 0. The lowest BCUT2D eigenvalue weighted by molar-refractivity contribution is 0.950. The van der Waals surface area contributed by atoms with E-state index in [0.29, 0.717) is 0 Å². The zero-order chi connectivity index (χ0) is 13.4. The number of aryl methyl sites for hydroxylation is 3. The van der Waals surface area contributed by atoms with Crippen LogP contribution in [-0.4, -0.2) is 0 Å². The molecule has 1 aromatic carbocycles. The van der Waals surface area contributed by atoms with Crippen molar-refractivity contribution in [2.45, 2.75) is 53.4 Å². The number of benzene rings is 1. The third-order valence-corrected chi connectivity index (χ3v) is 3.21. The summed E-state index contributed by atoms with van der Waals surface area (Å²) in [6, 6.07) is 6.74. The smallest absolute Gasteiger partial charge is 0.0241 e. The molecule has 0 fully saturated rings. The zero-order valence-electron chi connectivity index (χ0n) is 12.3. The zero-order valence-corrected chi connectivity index (χ0v) is 12.3. The molecule has 0 spiro atoms. The van der Waals surface area contributed by atoms with Gasteiger partial charge in [-0.05, 0) is 51.2 Å². The summed E-state index contributed by atoms with van der Waals surface area (Å²) < 4.78 is 0. The minimum absolute atomic E-state index is 1.13. The summed E-state index contributed by atoms with van der Waals surface area (Å²) in [5.41, 5.74) is 5.63. The minimum Gasteiger partial charge on any atom is -0.0840 e. The highest BCUT2D eigenvalue weighted by atomic mass is 14.0. The predicted molar refractivity (Wildman–Crippen MR) is 82.0 cm³/mol. The third kappa shape index (κ3) is 5.35. The van der Waals surface area contributed by atoms with Gasteiger partial charge < -0.3 is 0 Å². The molecule has 0 heteroatoms. The highest BCUT2D eigenvalue weighted by Crippen LogP contribution is 2.13. The van der Waals surface area contributed by atoms with Crippen molar-refractivity contribution in [2.75, 3.05) is 0 Å². The summed E-state index contributed by atoms with van der Waals surface area (Å²) in [6.45, 7) is 8.76. The monoisotopic (exact) mass is 242 g/mol. The lowest BCUT2D eigenvalue weighted by atomic mass is 10.0. The SMILES string of the molecule is CCC/C=C(C)/C=C\CCc1ccc(C)cc1C. The van der Waals surface area contributed by atoms with E-state index in [2.05, 4.69) is 64.1 Å². The van der Waals surface area contributed by atoms with Gasteiger partial charge in [0.25, 0.3) is 0 Å². The topological polar surface area (TPSA) is 0 Å². The van der Waals surface area contributed by atoms with E-state index in [4.69, 9.17) is 0 Å². The van der Waals surface area contributed by atoms with Crippen molar-refractivity contribution in [1.29, 1.82) is 0 Å². The average molecular weight is 242 g/mol. The van der Waals surface area contributed by atoms with Gasteiger partial charge in [-0.3, -0.25) is 0 Å². The summed E-state index contributed by atoms with van der Waals surface area (Å²) >= 11 is 0. The fraction of sp³-hybridized carbons (Fsp3) is 0.444. The molecular weight excluding hydrogens is 216 g/mol. The lowest BCUT2D eigenvalue weighted by Gasteiger charge is -2.04. The van der Waals surface area contributed by atoms with Gasteiger partial charge in [0.1, 0.15) is 0 Å². The molecule has 0 bridgehead atoms. The maximum Gasteiger partial charge on any atom is -0.0241 e. The first-order valence-electron chi connectivity index (χ1n) is 7.03. The van der Waals surface area contributed by atoms with Crippen molar-refractivity contribution in [3.8, 4) is 0 Å². The Balaban J connectivity index is 2.44. The van der Waals surface area contributed by atoms with Crippen molar-refractivity contribution < 1.29 is 0 Å². The van der Waals surface area contributed by atoms with E-state index in [1.54, 1.807) is 0 Å². The van der Waals surface area contributed by atoms with E-state index in [1.165, 1.54) is 35.1 Å². The Morgan fingerprint density at radius 1 is 1.17 bits per heavy atom. The molecule has 0 unspecified atom stereocenters. The summed E-state index contributed by atoms with van der Waals surface area (Å²) in [6.07, 6.45) is 11.5. The van der Waals surface area contributed by atoms with Crippen LogP contribution in [0.2, 0.25) is 0 Å². The Bertz CT molecular complexity index is 422. The summed E-state index contributed by atoms with van der Waals surface area (Å²) in [5.74, 6) is 0. The molecule has 0 heterocycles. The highest BCUT2D eigenvalue weighted by Gasteiger charge is 1.96. The Morgan fingerprint density at radius 2 is 1.94 bits per heavy atom. The fourth-order valence-electron chi connectivity index (χ4n) is 2.07. The van der Waals surface area contributed by atoms with Gasteiger partial charge in [-0.15, -0.1) is 0 Å². The first-order chi connectivity index (χ1) is 8.63. The number of hydrogen-bond acceptors (Lipinski definition) is 0. The van der Waals surface area contributed by atoms with E-state index in [9.17, 15) is 0 Å². The highest BCUT2D eigenvalue weighted by molar-refractivity contribution is 5.30. The van der Waals surface area contributed by atoms with Crippen LogP contribution in [-0.2, 0) is 6.42 Å². The normalized spacial score (nSPS) is 12.3. The van der Waals surface area contributed by atoms with Crippen molar-refractivity contribution in [2.24, 2.45) is 0 Å². The molecule has 0 saturated carbocycles. The van der Waals surface area contributed by atoms with E-state index < -0.39 is 0 Å². The van der Waals surface area contributed by atoms with E-state index in [0.717, 1.165) is 12.8 Å². The standard InChI is InChI=1S/C18H26/c1-5-6-9-15(2)10-7-8-11-18-13-12-16(3)14-17(18)4/h7,9-10,12-14H,5-6,8,11H2,1-4H3/b10-7-,15-9+. The maximum atomic E-state index is 2.31. The van der Waals surface area contributed by atoms with Gasteiger partial charge in [0, 0.05) is 0 Å². The summed E-state index contributed by atoms with van der Waals surface area (Å²) in [7, 11) is 0. The number of rotatable bonds is 6. The maximum absolute atomic E-state index is 2.31. The molecule has 0 atom stereocenters. The minimum atomic E-state index is 1.13. The second kappa shape index (κ2) is 7.92. The molecule has 0 N–H and O–H groups in total. The molecular formula is C18H26. The summed E-state index contributed by atoms with van der Waals surface area (Å²) in [4.78, 5) is 0. The molecule has 0 aliphatic rings. The quantitative estimate of drug-likeness (QED) is 0.575. The van der Waals surface area contributed by atoms with Crippen LogP contribution in [0.25, 0.3) is 0 Å². The molecule has 0 saturated heterocycles. The van der Waals surface area contributed by atoms with Gasteiger partial charge in [-0.25, -0.2) is 0 Å². The Kier molecular flexibility index (Phi) is 6.49. The van der Waals surface area contributed by atoms with Crippen LogP contribution in [0, 0.1) is 13.8 Å². The molecule has 0 aliphatic carbocycles. The van der Waals surface area contributed by atoms with Crippen molar-refractivity contribution in [3.05, 3.63) is 58.7 Å². The molecule has 0 amide bonds. The van der Waals surface area contributed by atoms with Crippen molar-refractivity contribution in [1.82, 2.24) is 0 Å². The molecule has 0 nitrogen and oxygen atoms in total. The Morgan fingerprint density at radius 3 is 2.61 bits per heavy atom. The average Bonchev–Trinajstić information content (AvgIpc) is 2.34. The molecule has 18 heavy (non-hydrogen) atoms. The molecule has 1 aromatic rings. The Hall–Kier alpha value is -1.30. The van der Waals surface area contributed by atoms with Gasteiger partial charge in [0.15, 0.2) is 0 Å². The van der Waals surface area contributed by atoms with Crippen LogP contribution in [0.4, 0.5) is 0 Å². The van der Waals surface area contributed by atoms with Gasteiger partial charge in [-0.2, -0.15) is 0 Å². The first kappa shape index (κ1) is 14.8. The first-order valence-corrected chi connectivity index (χ1v) is 7.03. The van der Waals surface area contributed by atoms with Crippen LogP contribution in [0.1, 0.15) is 49.8 Å². The van der Waals surface area contributed by atoms with Crippen LogP contribution in [0.5, 0.6) is 0 Å². The number of unbranched alkanes of at least 4 members (excludes halogenated alkanes) is 1. The van der Waals surface area contributed by atoms with Crippen LogP contribution in [0.15, 0.2) is 42.0 Å². The molecule has 0 aromatic heterocycles. The molecule has 1 rings (SSSR count). The largest absolute Gasteiger partial charge is 0.0840 e. The number of hydrogen-bond donors (Lipinski definition) is 0. The van der Waals surface area contributed by atoms with Crippen LogP contribution < -0.4 is 0 Å². The molecule has 0 aliphatic heterocycles. The van der Waals surface area contributed by atoms with Crippen molar-refractivity contribution >= 4 is 0 Å². The van der Waals surface area contributed by atoms with Crippen LogP contribution in [0.3, 0.4) is 0 Å². The second-order valence-electron chi connectivity index (χ2n) is 5.11. The van der Waals surface area contributed by atoms with E-state index in [-0.39, 0.29) is 0 Å².